The normalized spacial score (nSPS) is 25.3. The van der Waals surface area contributed by atoms with E-state index in [2.05, 4.69) is 15.6 Å². The van der Waals surface area contributed by atoms with Gasteiger partial charge in [0.1, 0.15) is 0 Å². The lowest BCUT2D eigenvalue weighted by molar-refractivity contribution is -0.125. The second kappa shape index (κ2) is 9.32. The monoisotopic (exact) mass is 437 g/mol. The van der Waals surface area contributed by atoms with Gasteiger partial charge in [-0.05, 0) is 63.2 Å². The number of para-hydroxylation sites is 1. The Morgan fingerprint density at radius 2 is 1.76 bits per heavy atom. The average Bonchev–Trinajstić information content (AvgIpc) is 2.70. The number of anilines is 1. The highest BCUT2D eigenvalue weighted by atomic mass is 35.5. The van der Waals surface area contributed by atoms with E-state index in [0.717, 1.165) is 11.3 Å². The van der Waals surface area contributed by atoms with Crippen LogP contribution in [0.3, 0.4) is 0 Å². The molecule has 158 valence electrons. The molecule has 0 aliphatic heterocycles. The largest absolute Gasteiger partial charge is 0.299 e. The van der Waals surface area contributed by atoms with Gasteiger partial charge in [-0.3, -0.25) is 15.6 Å². The molecule has 6 nitrogen and oxygen atoms in total. The lowest BCUT2D eigenvalue weighted by atomic mass is 9.86. The molecule has 1 unspecified atom stereocenters. The number of halogens is 1. The van der Waals surface area contributed by atoms with Crippen LogP contribution in [0.15, 0.2) is 51.9 Å². The van der Waals surface area contributed by atoms with E-state index in [-0.39, 0.29) is 23.8 Å². The number of carbonyl (C=O) groups excluding carboxylic acids is 1. The summed E-state index contributed by atoms with van der Waals surface area (Å²) in [6, 6.07) is 9.26. The van der Waals surface area contributed by atoms with Gasteiger partial charge in [-0.1, -0.05) is 42.3 Å². The zero-order valence-electron chi connectivity index (χ0n) is 16.7. The number of nitrogens with one attached hydrogen (secondary N) is 3. The van der Waals surface area contributed by atoms with E-state index < -0.39 is 10.0 Å². The SMILES string of the molecule is CC1=C(Cl)C=C(S(=O)(=O)NC2CCC(C(=O)NNc3ccccc3)CC2)C(C)C1. The zero-order chi connectivity index (χ0) is 21.0. The summed E-state index contributed by atoms with van der Waals surface area (Å²) in [5.74, 6) is -0.285. The molecule has 0 heterocycles. The third-order valence-electron chi connectivity index (χ3n) is 5.61. The Morgan fingerprint density at radius 3 is 2.41 bits per heavy atom. The fourth-order valence-electron chi connectivity index (χ4n) is 3.91. The Hall–Kier alpha value is -1.83. The first-order valence-corrected chi connectivity index (χ1v) is 11.8. The van der Waals surface area contributed by atoms with E-state index in [9.17, 15) is 13.2 Å². The molecule has 3 N–H and O–H groups in total. The summed E-state index contributed by atoms with van der Waals surface area (Å²) in [5, 5.41) is 0.509. The molecule has 0 bridgehead atoms. The maximum Gasteiger partial charge on any atom is 0.241 e. The quantitative estimate of drug-likeness (QED) is 0.586. The number of rotatable bonds is 6. The summed E-state index contributed by atoms with van der Waals surface area (Å²) < 4.78 is 28.5. The molecule has 1 amide bonds. The van der Waals surface area contributed by atoms with Gasteiger partial charge in [0, 0.05) is 17.0 Å². The van der Waals surface area contributed by atoms with Crippen molar-refractivity contribution in [3.8, 4) is 0 Å². The van der Waals surface area contributed by atoms with Crippen LogP contribution in [-0.2, 0) is 14.8 Å². The molecule has 2 aliphatic carbocycles. The number of carbonyl (C=O) groups is 1. The number of hydrogen-bond acceptors (Lipinski definition) is 4. The molecule has 0 aromatic heterocycles. The van der Waals surface area contributed by atoms with Crippen molar-refractivity contribution in [1.82, 2.24) is 10.1 Å². The molecular weight excluding hydrogens is 410 g/mol. The molecule has 8 heteroatoms. The van der Waals surface area contributed by atoms with Gasteiger partial charge in [0.2, 0.25) is 15.9 Å². The summed E-state index contributed by atoms with van der Waals surface area (Å²) in [5.41, 5.74) is 7.48. The second-order valence-electron chi connectivity index (χ2n) is 7.93. The Kier molecular flexibility index (Phi) is 7.03. The van der Waals surface area contributed by atoms with Gasteiger partial charge in [-0.25, -0.2) is 13.1 Å². The van der Waals surface area contributed by atoms with Crippen molar-refractivity contribution >= 4 is 33.2 Å². The number of amides is 1. The molecule has 1 fully saturated rings. The Bertz CT molecular complexity index is 904. The van der Waals surface area contributed by atoms with Gasteiger partial charge in [-0.15, -0.1) is 0 Å². The van der Waals surface area contributed by atoms with Crippen molar-refractivity contribution in [3.63, 3.8) is 0 Å². The smallest absolute Gasteiger partial charge is 0.241 e. The Labute approximate surface area is 177 Å². The molecular formula is C21H28ClN3O3S. The van der Waals surface area contributed by atoms with Crippen LogP contribution < -0.4 is 15.6 Å². The number of hydrogen-bond donors (Lipinski definition) is 3. The molecule has 1 aromatic rings. The van der Waals surface area contributed by atoms with Crippen molar-refractivity contribution in [2.75, 3.05) is 5.43 Å². The Morgan fingerprint density at radius 1 is 1.10 bits per heavy atom. The summed E-state index contributed by atoms with van der Waals surface area (Å²) >= 11 is 6.16. The summed E-state index contributed by atoms with van der Waals surface area (Å²) in [7, 11) is -3.59. The van der Waals surface area contributed by atoms with Crippen molar-refractivity contribution < 1.29 is 13.2 Å². The minimum Gasteiger partial charge on any atom is -0.299 e. The maximum atomic E-state index is 12.8. The van der Waals surface area contributed by atoms with Crippen LogP contribution in [-0.4, -0.2) is 20.4 Å². The highest BCUT2D eigenvalue weighted by Gasteiger charge is 2.32. The lowest BCUT2D eigenvalue weighted by Gasteiger charge is -2.30. The van der Waals surface area contributed by atoms with Crippen LogP contribution in [0.4, 0.5) is 5.69 Å². The van der Waals surface area contributed by atoms with Crippen molar-refractivity contribution in [3.05, 3.63) is 51.9 Å². The molecule has 2 aliphatic rings. The molecule has 1 aromatic carbocycles. The maximum absolute atomic E-state index is 12.8. The third-order valence-corrected chi connectivity index (χ3v) is 7.82. The number of allylic oxidation sites excluding steroid dienone is 4. The topological polar surface area (TPSA) is 87.3 Å². The number of hydrazine groups is 1. The van der Waals surface area contributed by atoms with Crippen LogP contribution in [0.1, 0.15) is 46.0 Å². The van der Waals surface area contributed by atoms with E-state index in [1.54, 1.807) is 6.08 Å². The van der Waals surface area contributed by atoms with Gasteiger partial charge in [0.05, 0.1) is 10.6 Å². The predicted octanol–water partition coefficient (Wildman–Crippen LogP) is 4.04. The summed E-state index contributed by atoms with van der Waals surface area (Å²) in [6.45, 7) is 3.82. The number of benzene rings is 1. The first-order valence-electron chi connectivity index (χ1n) is 9.96. The Balaban J connectivity index is 1.51. The summed E-state index contributed by atoms with van der Waals surface area (Å²) in [4.78, 5) is 12.7. The van der Waals surface area contributed by atoms with Crippen LogP contribution in [0.2, 0.25) is 0 Å². The van der Waals surface area contributed by atoms with Crippen molar-refractivity contribution in [2.45, 2.75) is 52.0 Å². The number of sulfonamides is 1. The minimum absolute atomic E-state index is 0.0637. The molecule has 29 heavy (non-hydrogen) atoms. The molecule has 3 rings (SSSR count). The third kappa shape index (κ3) is 5.62. The van der Waals surface area contributed by atoms with Crippen LogP contribution in [0.5, 0.6) is 0 Å². The standard InChI is InChI=1S/C21H28ClN3O3S/c1-14-12-15(2)20(13-19(14)22)29(27,28)25-18-10-8-16(9-11-18)21(26)24-23-17-6-4-3-5-7-17/h3-7,13,15-16,18,23,25H,8-12H2,1-2H3,(H,24,26). The van der Waals surface area contributed by atoms with E-state index in [0.29, 0.717) is 42.0 Å². The van der Waals surface area contributed by atoms with Crippen LogP contribution >= 0.6 is 11.6 Å². The van der Waals surface area contributed by atoms with Gasteiger partial charge >= 0.3 is 0 Å². The first-order chi connectivity index (χ1) is 13.8. The van der Waals surface area contributed by atoms with Crippen LogP contribution in [0.25, 0.3) is 0 Å². The fraction of sp³-hybridized carbons (Fsp3) is 0.476. The van der Waals surface area contributed by atoms with E-state index in [1.807, 2.05) is 44.2 Å². The predicted molar refractivity (Wildman–Crippen MR) is 116 cm³/mol. The minimum atomic E-state index is -3.59. The van der Waals surface area contributed by atoms with Crippen molar-refractivity contribution in [1.29, 1.82) is 0 Å². The lowest BCUT2D eigenvalue weighted by Crippen LogP contribution is -2.42. The summed E-state index contributed by atoms with van der Waals surface area (Å²) in [6.07, 6.45) is 4.77. The highest BCUT2D eigenvalue weighted by molar-refractivity contribution is 7.93. The van der Waals surface area contributed by atoms with Crippen LogP contribution in [0, 0.1) is 11.8 Å². The van der Waals surface area contributed by atoms with E-state index in [4.69, 9.17) is 11.6 Å². The highest BCUT2D eigenvalue weighted by Crippen LogP contribution is 2.34. The van der Waals surface area contributed by atoms with Gasteiger partial charge < -0.3 is 0 Å². The molecule has 0 spiro atoms. The molecule has 0 radical (unpaired) electrons. The second-order valence-corrected chi connectivity index (χ2v) is 10.1. The average molecular weight is 438 g/mol. The van der Waals surface area contributed by atoms with E-state index >= 15 is 0 Å². The fourth-order valence-corrected chi connectivity index (χ4v) is 5.86. The zero-order valence-corrected chi connectivity index (χ0v) is 18.3. The van der Waals surface area contributed by atoms with Gasteiger partial charge in [0.15, 0.2) is 0 Å². The van der Waals surface area contributed by atoms with Crippen molar-refractivity contribution in [2.24, 2.45) is 11.8 Å². The van der Waals surface area contributed by atoms with Gasteiger partial charge in [0.25, 0.3) is 0 Å². The molecule has 0 saturated heterocycles. The molecule has 1 saturated carbocycles. The van der Waals surface area contributed by atoms with Gasteiger partial charge in [-0.2, -0.15) is 0 Å². The molecule has 1 atom stereocenters. The van der Waals surface area contributed by atoms with E-state index in [1.165, 1.54) is 0 Å². The first kappa shape index (κ1) is 21.9.